The molecule has 0 bridgehead atoms. The molecule has 4 heteroatoms. The van der Waals surface area contributed by atoms with E-state index in [4.69, 9.17) is 0 Å². The summed E-state index contributed by atoms with van der Waals surface area (Å²) in [6, 6.07) is 18.5. The maximum atomic E-state index is 13.1. The van der Waals surface area contributed by atoms with Crippen LogP contribution >= 0.6 is 0 Å². The number of hydrogen-bond donors (Lipinski definition) is 0. The quantitative estimate of drug-likeness (QED) is 0.686. The maximum Gasteiger partial charge on any atom is 0.129 e. The zero-order chi connectivity index (χ0) is 16.1. The summed E-state index contributed by atoms with van der Waals surface area (Å²) in [5.74, 6) is 0.314. The Kier molecular flexibility index (Phi) is 4.62. The minimum atomic E-state index is -0.253. The lowest BCUT2D eigenvalue weighted by Gasteiger charge is -2.24. The van der Waals surface area contributed by atoms with Crippen molar-refractivity contribution in [1.82, 2.24) is 4.98 Å². The van der Waals surface area contributed by atoms with E-state index in [0.717, 1.165) is 16.9 Å². The monoisotopic (exact) mass is 310 g/mol. The van der Waals surface area contributed by atoms with E-state index in [1.165, 1.54) is 24.3 Å². The number of aromatic nitrogens is 1. The fourth-order valence-corrected chi connectivity index (χ4v) is 2.38. The van der Waals surface area contributed by atoms with E-state index in [0.29, 0.717) is 13.1 Å². The molecule has 0 aliphatic rings. The van der Waals surface area contributed by atoms with Crippen molar-refractivity contribution in [2.45, 2.75) is 13.1 Å². The van der Waals surface area contributed by atoms with Gasteiger partial charge in [0.05, 0.1) is 0 Å². The van der Waals surface area contributed by atoms with Gasteiger partial charge in [0, 0.05) is 19.3 Å². The number of benzene rings is 2. The van der Waals surface area contributed by atoms with Crippen LogP contribution in [0, 0.1) is 11.6 Å². The molecule has 2 nitrogen and oxygen atoms in total. The molecular formula is C19H16F2N2. The highest BCUT2D eigenvalue weighted by Crippen LogP contribution is 2.18. The van der Waals surface area contributed by atoms with Crippen molar-refractivity contribution in [3.63, 3.8) is 0 Å². The number of pyridine rings is 1. The molecule has 0 amide bonds. The summed E-state index contributed by atoms with van der Waals surface area (Å²) in [4.78, 5) is 6.45. The van der Waals surface area contributed by atoms with E-state index in [1.807, 2.05) is 18.2 Å². The Hall–Kier alpha value is -2.75. The fourth-order valence-electron chi connectivity index (χ4n) is 2.38. The summed E-state index contributed by atoms with van der Waals surface area (Å²) in [6.07, 6.45) is 1.73. The molecule has 0 saturated heterocycles. The molecular weight excluding hydrogens is 294 g/mol. The van der Waals surface area contributed by atoms with Gasteiger partial charge < -0.3 is 4.90 Å². The van der Waals surface area contributed by atoms with Gasteiger partial charge in [0.25, 0.3) is 0 Å². The number of anilines is 1. The van der Waals surface area contributed by atoms with Crippen LogP contribution in [0.5, 0.6) is 0 Å². The van der Waals surface area contributed by atoms with E-state index in [9.17, 15) is 8.78 Å². The lowest BCUT2D eigenvalue weighted by atomic mass is 10.1. The van der Waals surface area contributed by atoms with Gasteiger partial charge >= 0.3 is 0 Å². The third-order valence-corrected chi connectivity index (χ3v) is 3.55. The third kappa shape index (κ3) is 4.13. The predicted molar refractivity (Wildman–Crippen MR) is 86.9 cm³/mol. The van der Waals surface area contributed by atoms with Crippen LogP contribution in [0.15, 0.2) is 72.9 Å². The summed E-state index contributed by atoms with van der Waals surface area (Å²) in [6.45, 7) is 1.18. The second kappa shape index (κ2) is 7.01. The van der Waals surface area contributed by atoms with Crippen LogP contribution in [-0.4, -0.2) is 4.98 Å². The molecule has 0 spiro atoms. The van der Waals surface area contributed by atoms with Crippen LogP contribution in [0.4, 0.5) is 14.6 Å². The van der Waals surface area contributed by atoms with Crippen LogP contribution in [0.25, 0.3) is 0 Å². The summed E-state index contributed by atoms with van der Waals surface area (Å²) >= 11 is 0. The second-order valence-corrected chi connectivity index (χ2v) is 5.30. The molecule has 0 N–H and O–H groups in total. The van der Waals surface area contributed by atoms with E-state index in [2.05, 4.69) is 9.88 Å². The van der Waals surface area contributed by atoms with Gasteiger partial charge in [-0.1, -0.05) is 30.3 Å². The Balaban J connectivity index is 1.84. The van der Waals surface area contributed by atoms with Crippen LogP contribution in [0.3, 0.4) is 0 Å². The zero-order valence-corrected chi connectivity index (χ0v) is 12.5. The van der Waals surface area contributed by atoms with Gasteiger partial charge in [-0.2, -0.15) is 0 Å². The highest BCUT2D eigenvalue weighted by Gasteiger charge is 2.10. The van der Waals surface area contributed by atoms with E-state index in [1.54, 1.807) is 30.5 Å². The van der Waals surface area contributed by atoms with E-state index in [-0.39, 0.29) is 11.6 Å². The fraction of sp³-hybridized carbons (Fsp3) is 0.105. The lowest BCUT2D eigenvalue weighted by molar-refractivity contribution is 0.626. The highest BCUT2D eigenvalue weighted by molar-refractivity contribution is 5.40. The maximum absolute atomic E-state index is 13.1. The minimum Gasteiger partial charge on any atom is -0.348 e. The molecule has 116 valence electrons. The molecule has 0 aliphatic carbocycles. The van der Waals surface area contributed by atoms with Crippen molar-refractivity contribution in [3.8, 4) is 0 Å². The van der Waals surface area contributed by atoms with Crippen LogP contribution in [-0.2, 0) is 13.1 Å². The second-order valence-electron chi connectivity index (χ2n) is 5.30. The Morgan fingerprint density at radius 1 is 0.696 bits per heavy atom. The van der Waals surface area contributed by atoms with Gasteiger partial charge in [0.2, 0.25) is 0 Å². The SMILES string of the molecule is Fc1ccc(CN(Cc2ccc(F)cc2)c2ccccn2)cc1. The van der Waals surface area contributed by atoms with Gasteiger partial charge in [0.1, 0.15) is 17.5 Å². The molecule has 2 aromatic carbocycles. The summed E-state index contributed by atoms with van der Waals surface area (Å²) in [5, 5.41) is 0. The minimum absolute atomic E-state index is 0.253. The Labute approximate surface area is 134 Å². The first-order valence-electron chi connectivity index (χ1n) is 7.35. The molecule has 3 rings (SSSR count). The zero-order valence-electron chi connectivity index (χ0n) is 12.5. The number of nitrogens with zero attached hydrogens (tertiary/aromatic N) is 2. The van der Waals surface area contributed by atoms with Gasteiger partial charge in [-0.25, -0.2) is 13.8 Å². The predicted octanol–water partition coefficient (Wildman–Crippen LogP) is 4.57. The molecule has 0 unspecified atom stereocenters. The van der Waals surface area contributed by atoms with Gasteiger partial charge in [-0.3, -0.25) is 0 Å². The first-order chi connectivity index (χ1) is 11.2. The van der Waals surface area contributed by atoms with Crippen molar-refractivity contribution < 1.29 is 8.78 Å². The molecule has 3 aromatic rings. The molecule has 1 heterocycles. The summed E-state index contributed by atoms with van der Waals surface area (Å²) < 4.78 is 26.1. The standard InChI is InChI=1S/C19H16F2N2/c20-17-8-4-15(5-9-17)13-23(19-3-1-2-12-22-19)14-16-6-10-18(21)11-7-16/h1-12H,13-14H2. The molecule has 0 saturated carbocycles. The van der Waals surface area contributed by atoms with E-state index < -0.39 is 0 Å². The molecule has 0 atom stereocenters. The van der Waals surface area contributed by atoms with Gasteiger partial charge in [-0.15, -0.1) is 0 Å². The average Bonchev–Trinajstić information content (AvgIpc) is 2.59. The normalized spacial score (nSPS) is 10.5. The first-order valence-corrected chi connectivity index (χ1v) is 7.35. The number of halogens is 2. The first kappa shape index (κ1) is 15.2. The molecule has 0 fully saturated rings. The van der Waals surface area contributed by atoms with Crippen molar-refractivity contribution in [1.29, 1.82) is 0 Å². The largest absolute Gasteiger partial charge is 0.348 e. The number of hydrogen-bond acceptors (Lipinski definition) is 2. The third-order valence-electron chi connectivity index (χ3n) is 3.55. The summed E-state index contributed by atoms with van der Waals surface area (Å²) in [5.41, 5.74) is 1.97. The van der Waals surface area contributed by atoms with Crippen molar-refractivity contribution in [3.05, 3.63) is 95.7 Å². The summed E-state index contributed by atoms with van der Waals surface area (Å²) in [7, 11) is 0. The highest BCUT2D eigenvalue weighted by atomic mass is 19.1. The molecule has 23 heavy (non-hydrogen) atoms. The van der Waals surface area contributed by atoms with Gasteiger partial charge in [0.15, 0.2) is 0 Å². The van der Waals surface area contributed by atoms with Crippen molar-refractivity contribution in [2.75, 3.05) is 4.90 Å². The van der Waals surface area contributed by atoms with Crippen molar-refractivity contribution in [2.24, 2.45) is 0 Å². The van der Waals surface area contributed by atoms with Gasteiger partial charge in [-0.05, 0) is 47.5 Å². The van der Waals surface area contributed by atoms with Crippen LogP contribution < -0.4 is 4.90 Å². The van der Waals surface area contributed by atoms with Crippen LogP contribution in [0.2, 0.25) is 0 Å². The Morgan fingerprint density at radius 2 is 1.22 bits per heavy atom. The molecule has 0 radical (unpaired) electrons. The Bertz CT molecular complexity index is 693. The topological polar surface area (TPSA) is 16.1 Å². The molecule has 1 aromatic heterocycles. The lowest BCUT2D eigenvalue weighted by Crippen LogP contribution is -2.23. The average molecular weight is 310 g/mol. The smallest absolute Gasteiger partial charge is 0.129 e. The molecule has 0 aliphatic heterocycles. The van der Waals surface area contributed by atoms with Crippen LogP contribution in [0.1, 0.15) is 11.1 Å². The van der Waals surface area contributed by atoms with E-state index >= 15 is 0 Å². The Morgan fingerprint density at radius 3 is 1.65 bits per heavy atom. The number of rotatable bonds is 5. The van der Waals surface area contributed by atoms with Crippen molar-refractivity contribution >= 4 is 5.82 Å².